The predicted octanol–water partition coefficient (Wildman–Crippen LogP) is 1.75. The lowest BCUT2D eigenvalue weighted by Gasteiger charge is -2.10. The fraction of sp³-hybridized carbons (Fsp3) is 0.308. The molecule has 0 saturated carbocycles. The zero-order valence-corrected chi connectivity index (χ0v) is 12.7. The number of aromatic nitrogens is 3. The van der Waals surface area contributed by atoms with Gasteiger partial charge < -0.3 is 11.1 Å². The van der Waals surface area contributed by atoms with Gasteiger partial charge in [-0.25, -0.2) is 0 Å². The quantitative estimate of drug-likeness (QED) is 0.642. The summed E-state index contributed by atoms with van der Waals surface area (Å²) in [5.41, 5.74) is 7.84. The number of nitrogens with two attached hydrogens (primary N) is 1. The maximum Gasteiger partial charge on any atom is 0.251 e. The first kappa shape index (κ1) is 14.5. The molecular formula is C13H16BrN5O. The molecule has 2 rings (SSSR count). The molecule has 0 spiro atoms. The fourth-order valence-electron chi connectivity index (χ4n) is 1.83. The van der Waals surface area contributed by atoms with Gasteiger partial charge in [-0.3, -0.25) is 9.48 Å². The second kappa shape index (κ2) is 6.51. The van der Waals surface area contributed by atoms with Gasteiger partial charge in [0, 0.05) is 35.0 Å². The molecule has 0 atom stereocenters. The molecule has 0 fully saturated rings. The summed E-state index contributed by atoms with van der Waals surface area (Å²) in [7, 11) is 0. The van der Waals surface area contributed by atoms with Crippen LogP contribution in [-0.4, -0.2) is 27.4 Å². The normalized spacial score (nSPS) is 10.5. The second-order valence-corrected chi connectivity index (χ2v) is 5.36. The van der Waals surface area contributed by atoms with Crippen LogP contribution >= 0.6 is 15.9 Å². The number of carbonyl (C=O) groups excluding carboxylic acids is 1. The highest BCUT2D eigenvalue weighted by Gasteiger charge is 2.11. The van der Waals surface area contributed by atoms with E-state index in [-0.39, 0.29) is 5.91 Å². The Hall–Kier alpha value is -1.89. The van der Waals surface area contributed by atoms with Crippen molar-refractivity contribution in [3.05, 3.63) is 40.1 Å². The molecule has 2 aromatic rings. The van der Waals surface area contributed by atoms with E-state index in [0.29, 0.717) is 17.8 Å². The van der Waals surface area contributed by atoms with Gasteiger partial charge in [-0.1, -0.05) is 21.1 Å². The van der Waals surface area contributed by atoms with Crippen molar-refractivity contribution in [2.75, 3.05) is 12.3 Å². The van der Waals surface area contributed by atoms with Gasteiger partial charge in [0.1, 0.15) is 0 Å². The monoisotopic (exact) mass is 337 g/mol. The largest absolute Gasteiger partial charge is 0.398 e. The minimum absolute atomic E-state index is 0.117. The van der Waals surface area contributed by atoms with Crippen molar-refractivity contribution in [3.63, 3.8) is 0 Å². The van der Waals surface area contributed by atoms with Gasteiger partial charge in [0.25, 0.3) is 5.91 Å². The highest BCUT2D eigenvalue weighted by Crippen LogP contribution is 2.22. The molecule has 1 heterocycles. The van der Waals surface area contributed by atoms with Gasteiger partial charge in [0.15, 0.2) is 0 Å². The van der Waals surface area contributed by atoms with Gasteiger partial charge in [0.2, 0.25) is 0 Å². The van der Waals surface area contributed by atoms with E-state index in [0.717, 1.165) is 23.0 Å². The lowest BCUT2D eigenvalue weighted by atomic mass is 10.1. The first-order valence-electron chi connectivity index (χ1n) is 6.26. The zero-order chi connectivity index (χ0) is 14.5. The Morgan fingerprint density at radius 3 is 3.00 bits per heavy atom. The molecule has 6 nitrogen and oxygen atoms in total. The van der Waals surface area contributed by atoms with Crippen LogP contribution < -0.4 is 11.1 Å². The van der Waals surface area contributed by atoms with Crippen molar-refractivity contribution in [3.8, 4) is 0 Å². The summed E-state index contributed by atoms with van der Waals surface area (Å²) in [6.45, 7) is 3.14. The van der Waals surface area contributed by atoms with Crippen molar-refractivity contribution < 1.29 is 4.79 Å². The Balaban J connectivity index is 1.89. The molecule has 0 aliphatic rings. The van der Waals surface area contributed by atoms with E-state index in [1.807, 2.05) is 6.92 Å². The highest BCUT2D eigenvalue weighted by atomic mass is 79.9. The first-order chi connectivity index (χ1) is 9.58. The third-order valence-corrected chi connectivity index (χ3v) is 3.44. The number of rotatable bonds is 5. The van der Waals surface area contributed by atoms with Gasteiger partial charge >= 0.3 is 0 Å². The molecule has 0 aliphatic heterocycles. The van der Waals surface area contributed by atoms with Crippen molar-refractivity contribution in [2.24, 2.45) is 0 Å². The molecule has 106 valence electrons. The summed E-state index contributed by atoms with van der Waals surface area (Å²) >= 11 is 3.34. The van der Waals surface area contributed by atoms with Crippen LogP contribution in [0, 0.1) is 6.92 Å². The van der Waals surface area contributed by atoms with Crippen molar-refractivity contribution in [1.29, 1.82) is 0 Å². The Labute approximate surface area is 125 Å². The average molecular weight is 338 g/mol. The van der Waals surface area contributed by atoms with E-state index in [9.17, 15) is 4.79 Å². The summed E-state index contributed by atoms with van der Waals surface area (Å²) in [6.07, 6.45) is 4.21. The summed E-state index contributed by atoms with van der Waals surface area (Å²) in [6, 6.07) is 3.56. The smallest absolute Gasteiger partial charge is 0.251 e. The van der Waals surface area contributed by atoms with Crippen LogP contribution in [0.25, 0.3) is 0 Å². The van der Waals surface area contributed by atoms with Gasteiger partial charge in [0.05, 0.1) is 6.20 Å². The molecule has 1 amide bonds. The van der Waals surface area contributed by atoms with E-state index < -0.39 is 0 Å². The Morgan fingerprint density at radius 2 is 2.30 bits per heavy atom. The van der Waals surface area contributed by atoms with E-state index in [2.05, 4.69) is 31.6 Å². The number of hydrogen-bond donors (Lipinski definition) is 2. The summed E-state index contributed by atoms with van der Waals surface area (Å²) in [5.74, 6) is -0.117. The number of anilines is 1. The van der Waals surface area contributed by atoms with Crippen LogP contribution in [0.3, 0.4) is 0 Å². The minimum Gasteiger partial charge on any atom is -0.398 e. The van der Waals surface area contributed by atoms with Crippen LogP contribution in [0.2, 0.25) is 0 Å². The van der Waals surface area contributed by atoms with E-state index in [1.54, 1.807) is 29.2 Å². The SMILES string of the molecule is Cc1c(N)cc(Br)cc1C(=O)NCCCn1ccnn1. The molecule has 0 radical (unpaired) electrons. The predicted molar refractivity (Wildman–Crippen MR) is 80.3 cm³/mol. The molecule has 1 aromatic carbocycles. The Bertz CT molecular complexity index is 597. The molecule has 20 heavy (non-hydrogen) atoms. The molecular weight excluding hydrogens is 322 g/mol. The number of halogens is 1. The zero-order valence-electron chi connectivity index (χ0n) is 11.1. The second-order valence-electron chi connectivity index (χ2n) is 4.44. The van der Waals surface area contributed by atoms with Crippen LogP contribution in [-0.2, 0) is 6.54 Å². The van der Waals surface area contributed by atoms with Crippen LogP contribution in [0.4, 0.5) is 5.69 Å². The molecule has 0 saturated heterocycles. The summed E-state index contributed by atoms with van der Waals surface area (Å²) in [4.78, 5) is 12.1. The molecule has 3 N–H and O–H groups in total. The number of hydrogen-bond acceptors (Lipinski definition) is 4. The Kier molecular flexibility index (Phi) is 4.73. The molecule has 0 unspecified atom stereocenters. The fourth-order valence-corrected chi connectivity index (χ4v) is 2.30. The van der Waals surface area contributed by atoms with Gasteiger partial charge in [-0.15, -0.1) is 5.10 Å². The number of nitrogens with zero attached hydrogens (tertiary/aromatic N) is 3. The number of carbonyl (C=O) groups is 1. The van der Waals surface area contributed by atoms with E-state index in [1.165, 1.54) is 0 Å². The van der Waals surface area contributed by atoms with Crippen LogP contribution in [0.1, 0.15) is 22.3 Å². The molecule has 1 aromatic heterocycles. The maximum absolute atomic E-state index is 12.1. The van der Waals surface area contributed by atoms with Crippen molar-refractivity contribution in [2.45, 2.75) is 19.9 Å². The highest BCUT2D eigenvalue weighted by molar-refractivity contribution is 9.10. The third-order valence-electron chi connectivity index (χ3n) is 2.98. The van der Waals surface area contributed by atoms with E-state index >= 15 is 0 Å². The third kappa shape index (κ3) is 3.57. The van der Waals surface area contributed by atoms with Crippen molar-refractivity contribution >= 4 is 27.5 Å². The molecule has 0 aliphatic carbocycles. The number of nitrogens with one attached hydrogen (secondary N) is 1. The lowest BCUT2D eigenvalue weighted by Crippen LogP contribution is -2.26. The van der Waals surface area contributed by atoms with Crippen molar-refractivity contribution in [1.82, 2.24) is 20.3 Å². The number of nitrogen functional groups attached to an aromatic ring is 1. The summed E-state index contributed by atoms with van der Waals surface area (Å²) < 4.78 is 2.53. The number of amides is 1. The topological polar surface area (TPSA) is 85.8 Å². The van der Waals surface area contributed by atoms with E-state index in [4.69, 9.17) is 5.73 Å². The minimum atomic E-state index is -0.117. The van der Waals surface area contributed by atoms with Crippen LogP contribution in [0.5, 0.6) is 0 Å². The maximum atomic E-state index is 12.1. The first-order valence-corrected chi connectivity index (χ1v) is 7.05. The lowest BCUT2D eigenvalue weighted by molar-refractivity contribution is 0.0952. The van der Waals surface area contributed by atoms with Gasteiger partial charge in [-0.2, -0.15) is 0 Å². The number of aryl methyl sites for hydroxylation is 1. The molecule has 7 heteroatoms. The van der Waals surface area contributed by atoms with Crippen LogP contribution in [0.15, 0.2) is 29.0 Å². The van der Waals surface area contributed by atoms with Gasteiger partial charge in [-0.05, 0) is 31.0 Å². The average Bonchev–Trinajstić information content (AvgIpc) is 2.91. The summed E-state index contributed by atoms with van der Waals surface area (Å²) in [5, 5.41) is 10.5. The number of benzene rings is 1. The molecule has 0 bridgehead atoms. The Morgan fingerprint density at radius 1 is 1.50 bits per heavy atom. The standard InChI is InChI=1S/C13H16BrN5O/c1-9-11(7-10(14)8-12(9)15)13(20)16-3-2-5-19-6-4-17-18-19/h4,6-8H,2-3,5,15H2,1H3,(H,16,20).